The maximum atomic E-state index is 6.90. The van der Waals surface area contributed by atoms with Gasteiger partial charge < -0.3 is 4.98 Å². The van der Waals surface area contributed by atoms with Crippen LogP contribution in [0.2, 0.25) is 5.02 Å². The van der Waals surface area contributed by atoms with Gasteiger partial charge in [0.05, 0.1) is 38.8 Å². The van der Waals surface area contributed by atoms with E-state index < -0.39 is 0 Å². The van der Waals surface area contributed by atoms with Crippen molar-refractivity contribution in [2.75, 3.05) is 0 Å². The summed E-state index contributed by atoms with van der Waals surface area (Å²) in [6.07, 6.45) is 7.88. The fourth-order valence-electron chi connectivity index (χ4n) is 3.99. The number of halogens is 2. The van der Waals surface area contributed by atoms with Gasteiger partial charge in [-0.05, 0) is 66.3 Å². The number of aromatic amines is 1. The fraction of sp³-hybridized carbons (Fsp3) is 0. The SMILES string of the molecule is Clc1c(-c2ccccc2)c2cc3nc(cc4ccc(cc5nc(cc1n2Cl)C=C5)[nH]4)C=C3. The molecular weight excluding hydrogens is 439 g/mol. The zero-order valence-electron chi connectivity index (χ0n) is 16.8. The van der Waals surface area contributed by atoms with E-state index in [0.29, 0.717) is 10.5 Å². The van der Waals surface area contributed by atoms with Gasteiger partial charge in [0.25, 0.3) is 0 Å². The molecule has 0 amide bonds. The minimum atomic E-state index is 0.572. The number of benzene rings is 1. The summed E-state index contributed by atoms with van der Waals surface area (Å²) in [5.74, 6) is 0. The van der Waals surface area contributed by atoms with Gasteiger partial charge in [0, 0.05) is 28.4 Å². The predicted octanol–water partition coefficient (Wildman–Crippen LogP) is 7.45. The second-order valence-corrected chi connectivity index (χ2v) is 8.36. The molecule has 0 fully saturated rings. The summed E-state index contributed by atoms with van der Waals surface area (Å²) in [4.78, 5) is 12.8. The van der Waals surface area contributed by atoms with Crippen molar-refractivity contribution in [3.63, 3.8) is 0 Å². The Bertz CT molecular complexity index is 1590. The highest BCUT2D eigenvalue weighted by atomic mass is 35.5. The molecule has 0 saturated heterocycles. The van der Waals surface area contributed by atoms with Crippen LogP contribution in [0.3, 0.4) is 0 Å². The first kappa shape index (κ1) is 19.1. The van der Waals surface area contributed by atoms with Crippen molar-refractivity contribution in [3.8, 4) is 11.1 Å². The minimum absolute atomic E-state index is 0.572. The van der Waals surface area contributed by atoms with E-state index in [0.717, 1.165) is 50.5 Å². The number of fused-ring (bicyclic) bond motifs is 8. The lowest BCUT2D eigenvalue weighted by atomic mass is 10.1. The zero-order valence-corrected chi connectivity index (χ0v) is 18.3. The maximum absolute atomic E-state index is 6.90. The molecule has 1 aromatic carbocycles. The molecule has 3 aromatic heterocycles. The lowest BCUT2D eigenvalue weighted by Crippen LogP contribution is -1.82. The van der Waals surface area contributed by atoms with E-state index in [1.807, 2.05) is 91.0 Å². The van der Waals surface area contributed by atoms with Gasteiger partial charge in [-0.1, -0.05) is 41.9 Å². The maximum Gasteiger partial charge on any atom is 0.0796 e. The molecule has 0 aliphatic carbocycles. The molecule has 5 heterocycles. The second kappa shape index (κ2) is 7.52. The van der Waals surface area contributed by atoms with Gasteiger partial charge in [-0.15, -0.1) is 0 Å². The smallest absolute Gasteiger partial charge is 0.0796 e. The van der Waals surface area contributed by atoms with Gasteiger partial charge in [0.15, 0.2) is 0 Å². The molecule has 0 unspecified atom stereocenters. The number of H-pyrrole nitrogens is 1. The Morgan fingerprint density at radius 1 is 0.656 bits per heavy atom. The highest BCUT2D eigenvalue weighted by Gasteiger charge is 2.17. The third kappa shape index (κ3) is 3.34. The summed E-state index contributed by atoms with van der Waals surface area (Å²) in [6, 6.07) is 21.9. The van der Waals surface area contributed by atoms with Crippen LogP contribution in [0.5, 0.6) is 0 Å². The third-order valence-electron chi connectivity index (χ3n) is 5.46. The number of hydrogen-bond donors (Lipinski definition) is 1. The third-order valence-corrected chi connectivity index (χ3v) is 6.21. The molecule has 154 valence electrons. The van der Waals surface area contributed by atoms with E-state index in [2.05, 4.69) is 4.98 Å². The molecule has 1 N–H and O–H groups in total. The number of nitrogens with one attached hydrogen (secondary N) is 1. The average molecular weight is 455 g/mol. The summed E-state index contributed by atoms with van der Waals surface area (Å²) in [6.45, 7) is 0. The standard InChI is InChI=1S/C26H16Cl2N4/c27-26-24-15-22-11-9-20(31-22)13-18-7-6-17(29-18)12-19-8-10-21(30-19)14-23(32(24)28)25(26)16-4-2-1-3-5-16/h1-15,29H. The molecule has 8 bridgehead atoms. The molecule has 0 radical (unpaired) electrons. The molecule has 2 aliphatic heterocycles. The first-order valence-electron chi connectivity index (χ1n) is 10.2. The lowest BCUT2D eigenvalue weighted by molar-refractivity contribution is 1.30. The average Bonchev–Trinajstić information content (AvgIpc) is 3.57. The van der Waals surface area contributed by atoms with Crippen LogP contribution in [0.15, 0.2) is 66.7 Å². The molecule has 0 spiro atoms. The largest absolute Gasteiger partial charge is 0.355 e. The minimum Gasteiger partial charge on any atom is -0.355 e. The second-order valence-electron chi connectivity index (χ2n) is 7.64. The van der Waals surface area contributed by atoms with Crippen LogP contribution >= 0.6 is 23.4 Å². The van der Waals surface area contributed by atoms with Crippen molar-refractivity contribution in [1.29, 1.82) is 0 Å². The predicted molar refractivity (Wildman–Crippen MR) is 134 cm³/mol. The summed E-state index contributed by atoms with van der Waals surface area (Å²) < 4.78 is 1.59. The molecule has 0 atom stereocenters. The number of aromatic nitrogens is 4. The number of nitrogens with zero attached hydrogens (tertiary/aromatic N) is 3. The zero-order chi connectivity index (χ0) is 21.7. The Hall–Kier alpha value is -3.60. The highest BCUT2D eigenvalue weighted by Crippen LogP contribution is 2.39. The van der Waals surface area contributed by atoms with Crippen molar-refractivity contribution in [1.82, 2.24) is 19.0 Å². The van der Waals surface area contributed by atoms with Crippen LogP contribution in [0.25, 0.3) is 57.5 Å². The van der Waals surface area contributed by atoms with Crippen molar-refractivity contribution >= 4 is 69.7 Å². The Kier molecular flexibility index (Phi) is 4.49. The highest BCUT2D eigenvalue weighted by molar-refractivity contribution is 6.40. The van der Waals surface area contributed by atoms with Crippen LogP contribution < -0.4 is 0 Å². The van der Waals surface area contributed by atoms with Crippen molar-refractivity contribution in [3.05, 3.63) is 94.5 Å². The van der Waals surface area contributed by atoms with Gasteiger partial charge in [0.1, 0.15) is 0 Å². The van der Waals surface area contributed by atoms with Crippen LogP contribution in [0.4, 0.5) is 0 Å². The van der Waals surface area contributed by atoms with Crippen molar-refractivity contribution < 1.29 is 0 Å². The van der Waals surface area contributed by atoms with Crippen molar-refractivity contribution in [2.24, 2.45) is 0 Å². The fourth-order valence-corrected chi connectivity index (χ4v) is 4.64. The molecule has 32 heavy (non-hydrogen) atoms. The van der Waals surface area contributed by atoms with Crippen LogP contribution in [0, 0.1) is 0 Å². The van der Waals surface area contributed by atoms with E-state index in [4.69, 9.17) is 33.3 Å². The van der Waals surface area contributed by atoms with Gasteiger partial charge in [-0.25, -0.2) is 9.97 Å². The molecule has 6 heteroatoms. The van der Waals surface area contributed by atoms with E-state index in [9.17, 15) is 0 Å². The number of hydrogen-bond acceptors (Lipinski definition) is 2. The lowest BCUT2D eigenvalue weighted by Gasteiger charge is -2.00. The Morgan fingerprint density at radius 2 is 1.19 bits per heavy atom. The molecule has 6 rings (SSSR count). The molecule has 4 nitrogen and oxygen atoms in total. The van der Waals surface area contributed by atoms with Crippen LogP contribution in [0.1, 0.15) is 22.8 Å². The van der Waals surface area contributed by atoms with Crippen molar-refractivity contribution in [2.45, 2.75) is 0 Å². The first-order valence-corrected chi connectivity index (χ1v) is 10.9. The Labute approximate surface area is 194 Å². The summed E-state index contributed by atoms with van der Waals surface area (Å²) in [5, 5.41) is 0.572. The Balaban J connectivity index is 1.76. The molecular formula is C26H16Cl2N4. The van der Waals surface area contributed by atoms with Crippen LogP contribution in [-0.4, -0.2) is 19.0 Å². The Morgan fingerprint density at radius 3 is 1.78 bits per heavy atom. The van der Waals surface area contributed by atoms with E-state index in [1.54, 1.807) is 4.09 Å². The molecule has 4 aromatic rings. The van der Waals surface area contributed by atoms with Crippen LogP contribution in [-0.2, 0) is 0 Å². The first-order chi connectivity index (χ1) is 15.6. The van der Waals surface area contributed by atoms with Gasteiger partial charge >= 0.3 is 0 Å². The normalized spacial score (nSPS) is 12.4. The van der Waals surface area contributed by atoms with Gasteiger partial charge in [-0.2, -0.15) is 0 Å². The van der Waals surface area contributed by atoms with E-state index >= 15 is 0 Å². The number of rotatable bonds is 1. The van der Waals surface area contributed by atoms with Gasteiger partial charge in [-0.3, -0.25) is 4.09 Å². The molecule has 0 saturated carbocycles. The quantitative estimate of drug-likeness (QED) is 0.280. The topological polar surface area (TPSA) is 46.5 Å². The summed E-state index contributed by atoms with van der Waals surface area (Å²) >= 11 is 13.7. The monoisotopic (exact) mass is 454 g/mol. The molecule has 2 aliphatic rings. The summed E-state index contributed by atoms with van der Waals surface area (Å²) in [7, 11) is 0. The summed E-state index contributed by atoms with van der Waals surface area (Å²) in [5.41, 5.74) is 8.53. The van der Waals surface area contributed by atoms with E-state index in [1.165, 1.54) is 0 Å². The van der Waals surface area contributed by atoms with Gasteiger partial charge in [0.2, 0.25) is 0 Å². The van der Waals surface area contributed by atoms with E-state index in [-0.39, 0.29) is 0 Å².